The minimum atomic E-state index is -0.569. The van der Waals surface area contributed by atoms with Crippen molar-refractivity contribution in [2.24, 2.45) is 0 Å². The lowest BCUT2D eigenvalue weighted by Crippen LogP contribution is -2.48. The van der Waals surface area contributed by atoms with E-state index < -0.39 is 5.60 Å². The van der Waals surface area contributed by atoms with Gasteiger partial charge in [-0.15, -0.1) is 0 Å². The third-order valence-electron chi connectivity index (χ3n) is 3.26. The summed E-state index contributed by atoms with van der Waals surface area (Å²) in [5, 5.41) is 0. The lowest BCUT2D eigenvalue weighted by Gasteiger charge is -2.38. The third-order valence-corrected chi connectivity index (χ3v) is 3.26. The zero-order valence-electron chi connectivity index (χ0n) is 9.82. The van der Waals surface area contributed by atoms with Crippen LogP contribution < -0.4 is 4.74 Å². The van der Waals surface area contributed by atoms with Crippen LogP contribution in [0.1, 0.15) is 30.6 Å². The summed E-state index contributed by atoms with van der Waals surface area (Å²) >= 11 is 0. The van der Waals surface area contributed by atoms with Crippen molar-refractivity contribution in [3.05, 3.63) is 29.8 Å². The summed E-state index contributed by atoms with van der Waals surface area (Å²) in [7, 11) is 1.63. The zero-order chi connectivity index (χ0) is 11.8. The van der Waals surface area contributed by atoms with Gasteiger partial charge < -0.3 is 9.47 Å². The van der Waals surface area contributed by atoms with Gasteiger partial charge in [0, 0.05) is 7.11 Å². The lowest BCUT2D eigenvalue weighted by atomic mass is 9.88. The fourth-order valence-corrected chi connectivity index (χ4v) is 1.96. The number of hydrogen-bond acceptors (Lipinski definition) is 3. The minimum Gasteiger partial charge on any atom is -0.484 e. The van der Waals surface area contributed by atoms with Gasteiger partial charge in [0.05, 0.1) is 18.1 Å². The molecule has 0 saturated heterocycles. The zero-order valence-corrected chi connectivity index (χ0v) is 9.82. The largest absolute Gasteiger partial charge is 0.484 e. The first kappa shape index (κ1) is 11.1. The summed E-state index contributed by atoms with van der Waals surface area (Å²) in [6, 6.07) is 7.35. The molecule has 2 rings (SSSR count). The van der Waals surface area contributed by atoms with Gasteiger partial charge in [0.25, 0.3) is 0 Å². The minimum absolute atomic E-state index is 0.119. The van der Waals surface area contributed by atoms with Crippen molar-refractivity contribution in [2.75, 3.05) is 7.11 Å². The van der Waals surface area contributed by atoms with Crippen LogP contribution in [-0.4, -0.2) is 24.6 Å². The number of ketones is 1. The molecule has 0 aliphatic carbocycles. The molecule has 16 heavy (non-hydrogen) atoms. The highest BCUT2D eigenvalue weighted by atomic mass is 16.5. The molecule has 86 valence electrons. The maximum atomic E-state index is 12.0. The Morgan fingerprint density at radius 1 is 1.44 bits per heavy atom. The van der Waals surface area contributed by atoms with E-state index >= 15 is 0 Å². The van der Waals surface area contributed by atoms with Gasteiger partial charge in [-0.2, -0.15) is 0 Å². The van der Waals surface area contributed by atoms with Crippen molar-refractivity contribution in [1.82, 2.24) is 0 Å². The van der Waals surface area contributed by atoms with Crippen LogP contribution >= 0.6 is 0 Å². The predicted molar refractivity (Wildman–Crippen MR) is 60.9 cm³/mol. The lowest BCUT2D eigenvalue weighted by molar-refractivity contribution is -0.0587. The van der Waals surface area contributed by atoms with Gasteiger partial charge in [0.15, 0.2) is 5.78 Å². The van der Waals surface area contributed by atoms with Crippen molar-refractivity contribution < 1.29 is 14.3 Å². The van der Waals surface area contributed by atoms with E-state index in [0.29, 0.717) is 17.7 Å². The molecule has 3 nitrogen and oxygen atoms in total. The number of methoxy groups -OCH3 is 1. The number of ether oxygens (including phenoxy) is 2. The summed E-state index contributed by atoms with van der Waals surface area (Å²) in [5.41, 5.74) is 0.100. The molecule has 0 N–H and O–H groups in total. The normalized spacial score (nSPS) is 25.8. The fraction of sp³-hybridized carbons (Fsp3) is 0.462. The Morgan fingerprint density at radius 3 is 2.81 bits per heavy atom. The molecule has 2 atom stereocenters. The number of carbonyl (C=O) groups excluding carboxylic acids is 1. The number of carbonyl (C=O) groups is 1. The molecule has 1 aromatic carbocycles. The first-order valence-electron chi connectivity index (χ1n) is 5.41. The molecule has 1 aliphatic heterocycles. The van der Waals surface area contributed by atoms with Crippen LogP contribution in [0.4, 0.5) is 0 Å². The Balaban J connectivity index is 2.37. The van der Waals surface area contributed by atoms with Crippen LogP contribution in [0.15, 0.2) is 24.3 Å². The number of Topliss-reactive ketones (excluding diaryl/α,β-unsaturated/α-hetero) is 1. The van der Waals surface area contributed by atoms with E-state index in [0.717, 1.165) is 0 Å². The number of rotatable bonds is 2. The number of benzene rings is 1. The molecule has 1 aromatic rings. The first-order valence-corrected chi connectivity index (χ1v) is 5.41. The van der Waals surface area contributed by atoms with Crippen LogP contribution in [0.2, 0.25) is 0 Å². The van der Waals surface area contributed by atoms with Gasteiger partial charge in [-0.25, -0.2) is 0 Å². The smallest absolute Gasteiger partial charge is 0.170 e. The standard InChI is InChI=1S/C13H16O3/c1-9(15-3)13(2)8-11(14)10-6-4-5-7-12(10)16-13/h4-7,9H,8H2,1-3H3. The van der Waals surface area contributed by atoms with Crippen LogP contribution in [0.5, 0.6) is 5.75 Å². The molecule has 0 radical (unpaired) electrons. The van der Waals surface area contributed by atoms with Crippen LogP contribution in [0, 0.1) is 0 Å². The molecule has 1 heterocycles. The molecule has 1 aliphatic rings. The SMILES string of the molecule is COC(C)C1(C)CC(=O)c2ccccc2O1. The summed E-state index contributed by atoms with van der Waals surface area (Å²) in [6.07, 6.45) is 0.240. The quantitative estimate of drug-likeness (QED) is 0.768. The number of fused-ring (bicyclic) bond motifs is 1. The second-order valence-electron chi connectivity index (χ2n) is 4.39. The van der Waals surface area contributed by atoms with Crippen molar-refractivity contribution in [2.45, 2.75) is 32.0 Å². The van der Waals surface area contributed by atoms with E-state index in [1.807, 2.05) is 32.0 Å². The van der Waals surface area contributed by atoms with Gasteiger partial charge in [0.1, 0.15) is 11.4 Å². The first-order chi connectivity index (χ1) is 7.57. The average Bonchev–Trinajstić information content (AvgIpc) is 2.27. The molecule has 2 unspecified atom stereocenters. The topological polar surface area (TPSA) is 35.5 Å². The van der Waals surface area contributed by atoms with Crippen molar-refractivity contribution in [1.29, 1.82) is 0 Å². The highest BCUT2D eigenvalue weighted by Gasteiger charge is 2.41. The van der Waals surface area contributed by atoms with Crippen molar-refractivity contribution >= 4 is 5.78 Å². The third kappa shape index (κ3) is 1.71. The van der Waals surface area contributed by atoms with Crippen LogP contribution in [0.3, 0.4) is 0 Å². The average molecular weight is 220 g/mol. The molecule has 0 spiro atoms. The highest BCUT2D eigenvalue weighted by molar-refractivity contribution is 6.00. The molecule has 0 aromatic heterocycles. The van der Waals surface area contributed by atoms with Gasteiger partial charge in [-0.05, 0) is 26.0 Å². The van der Waals surface area contributed by atoms with Gasteiger partial charge in [-0.1, -0.05) is 12.1 Å². The Bertz CT molecular complexity index is 413. The Labute approximate surface area is 95.4 Å². The summed E-state index contributed by atoms with van der Waals surface area (Å²) in [5.74, 6) is 0.776. The summed E-state index contributed by atoms with van der Waals surface area (Å²) in [6.45, 7) is 3.83. The van der Waals surface area contributed by atoms with E-state index in [-0.39, 0.29) is 11.9 Å². The van der Waals surface area contributed by atoms with E-state index in [1.54, 1.807) is 13.2 Å². The van der Waals surface area contributed by atoms with Gasteiger partial charge in [0.2, 0.25) is 0 Å². The molecule has 0 saturated carbocycles. The monoisotopic (exact) mass is 220 g/mol. The second-order valence-corrected chi connectivity index (χ2v) is 4.39. The molecule has 3 heteroatoms. The number of hydrogen-bond donors (Lipinski definition) is 0. The van der Waals surface area contributed by atoms with Crippen molar-refractivity contribution in [3.8, 4) is 5.75 Å². The van der Waals surface area contributed by atoms with Crippen LogP contribution in [0.25, 0.3) is 0 Å². The van der Waals surface area contributed by atoms with Crippen LogP contribution in [-0.2, 0) is 4.74 Å². The van der Waals surface area contributed by atoms with Crippen molar-refractivity contribution in [3.63, 3.8) is 0 Å². The molecule has 0 fully saturated rings. The number of para-hydroxylation sites is 1. The Morgan fingerprint density at radius 2 is 2.12 bits per heavy atom. The second kappa shape index (κ2) is 3.91. The highest BCUT2D eigenvalue weighted by Crippen LogP contribution is 2.35. The van der Waals surface area contributed by atoms with Gasteiger partial charge in [-0.3, -0.25) is 4.79 Å². The molecule has 0 bridgehead atoms. The maximum absolute atomic E-state index is 12.0. The van der Waals surface area contributed by atoms with E-state index in [1.165, 1.54) is 0 Å². The van der Waals surface area contributed by atoms with E-state index in [2.05, 4.69) is 0 Å². The fourth-order valence-electron chi connectivity index (χ4n) is 1.96. The Kier molecular flexibility index (Phi) is 2.72. The Hall–Kier alpha value is -1.35. The van der Waals surface area contributed by atoms with E-state index in [9.17, 15) is 4.79 Å². The van der Waals surface area contributed by atoms with Gasteiger partial charge >= 0.3 is 0 Å². The maximum Gasteiger partial charge on any atom is 0.170 e. The van der Waals surface area contributed by atoms with E-state index in [4.69, 9.17) is 9.47 Å². The predicted octanol–water partition coefficient (Wildman–Crippen LogP) is 2.45. The summed E-state index contributed by atoms with van der Waals surface area (Å²) in [4.78, 5) is 12.0. The molecular formula is C13H16O3. The molecule has 0 amide bonds. The summed E-state index contributed by atoms with van der Waals surface area (Å²) < 4.78 is 11.2. The molecular weight excluding hydrogens is 204 g/mol.